The van der Waals surface area contributed by atoms with Gasteiger partial charge in [-0.3, -0.25) is 14.4 Å². The van der Waals surface area contributed by atoms with Crippen LogP contribution in [0.5, 0.6) is 0 Å². The third-order valence-electron chi connectivity index (χ3n) is 15.3. The number of carbonyl (C=O) groups excluding carboxylic acids is 3. The lowest BCUT2D eigenvalue weighted by Gasteiger charge is -2.18. The highest BCUT2D eigenvalue weighted by molar-refractivity contribution is 5.71. The summed E-state index contributed by atoms with van der Waals surface area (Å²) in [5.74, 6) is -0.877. The monoisotopic (exact) mass is 1140 g/mol. The van der Waals surface area contributed by atoms with Crippen molar-refractivity contribution >= 4 is 17.9 Å². The van der Waals surface area contributed by atoms with Gasteiger partial charge in [0, 0.05) is 19.3 Å². The zero-order valence-corrected chi connectivity index (χ0v) is 54.2. The summed E-state index contributed by atoms with van der Waals surface area (Å²) in [4.78, 5) is 38.5. The van der Waals surface area contributed by atoms with E-state index in [0.29, 0.717) is 19.3 Å². The average molecular weight is 1140 g/mol. The highest BCUT2D eigenvalue weighted by Crippen LogP contribution is 2.17. The van der Waals surface area contributed by atoms with Gasteiger partial charge in [-0.1, -0.05) is 304 Å². The Kier molecular flexibility index (Phi) is 66.7. The van der Waals surface area contributed by atoms with Crippen LogP contribution in [0.1, 0.15) is 348 Å². The zero-order valence-electron chi connectivity index (χ0n) is 54.2. The van der Waals surface area contributed by atoms with Gasteiger partial charge in [-0.15, -0.1) is 0 Å². The van der Waals surface area contributed by atoms with Crippen molar-refractivity contribution in [3.05, 3.63) is 97.2 Å². The van der Waals surface area contributed by atoms with E-state index in [-0.39, 0.29) is 31.1 Å². The molecule has 472 valence electrons. The first-order chi connectivity index (χ1) is 40.5. The molecular weight excluding hydrogens is 1010 g/mol. The fourth-order valence-electron chi connectivity index (χ4n) is 10.0. The van der Waals surface area contributed by atoms with Gasteiger partial charge in [0.05, 0.1) is 0 Å². The van der Waals surface area contributed by atoms with Gasteiger partial charge in [0.15, 0.2) is 6.10 Å². The Hall–Kier alpha value is -3.67. The van der Waals surface area contributed by atoms with Crippen LogP contribution < -0.4 is 0 Å². The van der Waals surface area contributed by atoms with Crippen molar-refractivity contribution in [1.29, 1.82) is 0 Å². The van der Waals surface area contributed by atoms with Gasteiger partial charge in [0.2, 0.25) is 0 Å². The molecule has 0 aliphatic carbocycles. The van der Waals surface area contributed by atoms with Gasteiger partial charge in [0.25, 0.3) is 0 Å². The molecule has 0 aromatic heterocycles. The first-order valence-corrected chi connectivity index (χ1v) is 35.2. The van der Waals surface area contributed by atoms with E-state index in [9.17, 15) is 14.4 Å². The summed E-state index contributed by atoms with van der Waals surface area (Å²) < 4.78 is 17.0. The molecular formula is C76H132O6. The second kappa shape index (κ2) is 69.8. The van der Waals surface area contributed by atoms with Crippen LogP contribution in [0.25, 0.3) is 0 Å². The second-order valence-electron chi connectivity index (χ2n) is 23.4. The molecule has 0 amide bonds. The average Bonchev–Trinajstić information content (AvgIpc) is 3.47. The van der Waals surface area contributed by atoms with Crippen LogP contribution in [0.2, 0.25) is 0 Å². The molecule has 0 bridgehead atoms. The van der Waals surface area contributed by atoms with Crippen molar-refractivity contribution in [3.8, 4) is 0 Å². The van der Waals surface area contributed by atoms with Crippen LogP contribution in [0.3, 0.4) is 0 Å². The molecule has 82 heavy (non-hydrogen) atoms. The molecule has 0 saturated carbocycles. The molecule has 0 heterocycles. The van der Waals surface area contributed by atoms with E-state index in [4.69, 9.17) is 14.2 Å². The van der Waals surface area contributed by atoms with Crippen LogP contribution >= 0.6 is 0 Å². The Morgan fingerprint density at radius 1 is 0.256 bits per heavy atom. The van der Waals surface area contributed by atoms with E-state index < -0.39 is 6.10 Å². The van der Waals surface area contributed by atoms with E-state index in [2.05, 4.69) is 118 Å². The zero-order chi connectivity index (χ0) is 59.2. The van der Waals surface area contributed by atoms with Gasteiger partial charge in [0.1, 0.15) is 13.2 Å². The number of hydrogen-bond donors (Lipinski definition) is 0. The van der Waals surface area contributed by atoms with Gasteiger partial charge in [-0.25, -0.2) is 0 Å². The minimum atomic E-state index is -0.785. The third-order valence-corrected chi connectivity index (χ3v) is 15.3. The van der Waals surface area contributed by atoms with Crippen LogP contribution in [-0.2, 0) is 28.6 Å². The summed E-state index contributed by atoms with van der Waals surface area (Å²) >= 11 is 0. The van der Waals surface area contributed by atoms with Crippen LogP contribution in [0, 0.1) is 0 Å². The molecule has 0 rings (SSSR count). The molecule has 0 aliphatic rings. The van der Waals surface area contributed by atoms with E-state index in [1.165, 1.54) is 205 Å². The smallest absolute Gasteiger partial charge is 0.306 e. The Morgan fingerprint density at radius 2 is 0.476 bits per heavy atom. The van der Waals surface area contributed by atoms with E-state index in [0.717, 1.165) is 103 Å². The van der Waals surface area contributed by atoms with Crippen molar-refractivity contribution in [1.82, 2.24) is 0 Å². The number of ether oxygens (including phenoxy) is 3. The normalized spacial score (nSPS) is 12.7. The van der Waals surface area contributed by atoms with E-state index in [1.54, 1.807) is 0 Å². The summed E-state index contributed by atoms with van der Waals surface area (Å²) in [5.41, 5.74) is 0. The largest absolute Gasteiger partial charge is 0.462 e. The van der Waals surface area contributed by atoms with Gasteiger partial charge in [-0.05, 0) is 122 Å². The molecule has 0 spiro atoms. The highest BCUT2D eigenvalue weighted by atomic mass is 16.6. The minimum Gasteiger partial charge on any atom is -0.462 e. The van der Waals surface area contributed by atoms with Crippen molar-refractivity contribution in [3.63, 3.8) is 0 Å². The molecule has 1 atom stereocenters. The van der Waals surface area contributed by atoms with E-state index in [1.807, 2.05) is 0 Å². The maximum Gasteiger partial charge on any atom is 0.306 e. The maximum atomic E-state index is 13.0. The number of rotatable bonds is 64. The summed E-state index contributed by atoms with van der Waals surface area (Å²) in [6.45, 7) is 6.54. The lowest BCUT2D eigenvalue weighted by Crippen LogP contribution is -2.30. The molecule has 0 N–H and O–H groups in total. The highest BCUT2D eigenvalue weighted by Gasteiger charge is 2.19. The summed E-state index contributed by atoms with van der Waals surface area (Å²) in [7, 11) is 0. The van der Waals surface area contributed by atoms with Crippen molar-refractivity contribution in [2.45, 2.75) is 354 Å². The minimum absolute atomic E-state index is 0.0806. The quantitative estimate of drug-likeness (QED) is 0.0261. The number of unbranched alkanes of at least 4 members (excludes halogenated alkanes) is 37. The second-order valence-corrected chi connectivity index (χ2v) is 23.4. The fourth-order valence-corrected chi connectivity index (χ4v) is 10.0. The first-order valence-electron chi connectivity index (χ1n) is 35.2. The molecule has 0 aliphatic heterocycles. The molecule has 0 aromatic rings. The Labute approximate surface area is 508 Å². The molecule has 0 fully saturated rings. The standard InChI is InChI=1S/C76H132O6/c1-4-7-10-13-16-19-22-25-28-31-34-35-36-37-38-39-40-41-43-45-48-51-54-57-60-63-66-69-75(78)81-72-73(71-80-74(77)68-65-62-59-56-53-50-47-44-33-30-27-24-21-18-15-12-9-6-3)82-76(79)70-67-64-61-58-55-52-49-46-42-32-29-26-23-20-17-14-11-8-5-2/h7,10,16,19,21,24-26,28-30,33-35,37-38,73H,4-6,8-9,11-15,17-18,20,22-23,27,31-32,36,39-72H2,1-3H3/b10-7-,19-16-,24-21-,28-25-,29-26-,33-30-,35-34-,38-37-. The van der Waals surface area contributed by atoms with Gasteiger partial charge >= 0.3 is 17.9 Å². The molecule has 6 heteroatoms. The topological polar surface area (TPSA) is 78.9 Å². The van der Waals surface area contributed by atoms with Gasteiger partial charge < -0.3 is 14.2 Å². The molecule has 6 nitrogen and oxygen atoms in total. The van der Waals surface area contributed by atoms with Crippen LogP contribution in [0.4, 0.5) is 0 Å². The van der Waals surface area contributed by atoms with Gasteiger partial charge in [-0.2, -0.15) is 0 Å². The summed E-state index contributed by atoms with van der Waals surface area (Å²) in [6.07, 6.45) is 94.2. The molecule has 1 unspecified atom stereocenters. The molecule has 0 aromatic carbocycles. The number of allylic oxidation sites excluding steroid dienone is 16. The lowest BCUT2D eigenvalue weighted by molar-refractivity contribution is -0.167. The summed E-state index contributed by atoms with van der Waals surface area (Å²) in [6, 6.07) is 0. The van der Waals surface area contributed by atoms with Crippen molar-refractivity contribution in [2.24, 2.45) is 0 Å². The Bertz CT molecular complexity index is 1590. The maximum absolute atomic E-state index is 13.0. The van der Waals surface area contributed by atoms with Crippen LogP contribution in [-0.4, -0.2) is 37.2 Å². The first kappa shape index (κ1) is 78.3. The predicted molar refractivity (Wildman–Crippen MR) is 357 cm³/mol. The molecule has 0 saturated heterocycles. The summed E-state index contributed by atoms with van der Waals surface area (Å²) in [5, 5.41) is 0. The lowest BCUT2D eigenvalue weighted by atomic mass is 10.0. The third kappa shape index (κ3) is 67.1. The number of carbonyl (C=O) groups is 3. The SMILES string of the molecule is CC/C=C\C/C=C\C/C=C\C/C=C\C/C=C\CCCCCCCCCCCCCC(=O)OCC(COC(=O)CCCCCCCCC/C=C\C/C=C\CCCCCC)OC(=O)CCCCCCCCCCC/C=C\CCCCCCCC. The van der Waals surface area contributed by atoms with Crippen molar-refractivity contribution in [2.75, 3.05) is 13.2 Å². The number of hydrogen-bond acceptors (Lipinski definition) is 6. The Balaban J connectivity index is 4.35. The fraction of sp³-hybridized carbons (Fsp3) is 0.750. The number of esters is 3. The van der Waals surface area contributed by atoms with Crippen LogP contribution in [0.15, 0.2) is 97.2 Å². The van der Waals surface area contributed by atoms with Crippen molar-refractivity contribution < 1.29 is 28.6 Å². The van der Waals surface area contributed by atoms with E-state index >= 15 is 0 Å². The molecule has 0 radical (unpaired) electrons. The predicted octanol–water partition coefficient (Wildman–Crippen LogP) is 24.4. The Morgan fingerprint density at radius 3 is 0.768 bits per heavy atom.